The molecule has 2 aromatic rings. The number of carboxylic acid groups (broad SMARTS) is 1. The van der Waals surface area contributed by atoms with Crippen LogP contribution in [0.3, 0.4) is 0 Å². The van der Waals surface area contributed by atoms with E-state index in [-0.39, 0.29) is 17.2 Å². The molecular formula is C11H9NO4. The molecule has 0 radical (unpaired) electrons. The lowest BCUT2D eigenvalue weighted by molar-refractivity contribution is 0.0685. The number of phenolic OH excluding ortho intramolecular Hbond substituents is 1. The molecule has 0 aliphatic heterocycles. The van der Waals surface area contributed by atoms with Gasteiger partial charge in [-0.3, -0.25) is 0 Å². The average molecular weight is 219 g/mol. The van der Waals surface area contributed by atoms with E-state index >= 15 is 0 Å². The largest absolute Gasteiger partial charge is 0.508 e. The van der Waals surface area contributed by atoms with E-state index in [1.807, 2.05) is 0 Å². The van der Waals surface area contributed by atoms with E-state index in [9.17, 15) is 9.90 Å². The molecule has 0 spiro atoms. The van der Waals surface area contributed by atoms with Crippen LogP contribution in [0.2, 0.25) is 0 Å². The van der Waals surface area contributed by atoms with Gasteiger partial charge in [-0.05, 0) is 30.3 Å². The van der Waals surface area contributed by atoms with Crippen LogP contribution < -0.4 is 0 Å². The van der Waals surface area contributed by atoms with Crippen molar-refractivity contribution in [3.63, 3.8) is 0 Å². The van der Waals surface area contributed by atoms with Gasteiger partial charge in [0.05, 0.1) is 0 Å². The first-order valence-electron chi connectivity index (χ1n) is 4.52. The standard InChI is InChI=1S/C11H9NO4/c13-8-3-1-7(2-4-8)12-6-5-9(14)10(12)11(15)16/h1-6,13-14H,(H,15,16). The molecule has 5 heteroatoms. The van der Waals surface area contributed by atoms with Gasteiger partial charge in [-0.15, -0.1) is 0 Å². The number of hydrogen-bond acceptors (Lipinski definition) is 3. The van der Waals surface area contributed by atoms with Crippen LogP contribution in [0.25, 0.3) is 5.69 Å². The van der Waals surface area contributed by atoms with Crippen molar-refractivity contribution in [2.24, 2.45) is 0 Å². The average Bonchev–Trinajstić information content (AvgIpc) is 2.61. The van der Waals surface area contributed by atoms with Crippen LogP contribution in [-0.4, -0.2) is 25.9 Å². The van der Waals surface area contributed by atoms with Crippen molar-refractivity contribution < 1.29 is 20.1 Å². The Morgan fingerprint density at radius 3 is 2.25 bits per heavy atom. The molecule has 0 atom stereocenters. The predicted octanol–water partition coefficient (Wildman–Crippen LogP) is 1.59. The minimum Gasteiger partial charge on any atom is -0.508 e. The van der Waals surface area contributed by atoms with Crippen molar-refractivity contribution in [3.8, 4) is 17.2 Å². The summed E-state index contributed by atoms with van der Waals surface area (Å²) in [5, 5.41) is 27.4. The van der Waals surface area contributed by atoms with Crippen molar-refractivity contribution in [2.45, 2.75) is 0 Å². The zero-order chi connectivity index (χ0) is 11.7. The van der Waals surface area contributed by atoms with E-state index < -0.39 is 5.97 Å². The van der Waals surface area contributed by atoms with Gasteiger partial charge in [0.2, 0.25) is 0 Å². The quantitative estimate of drug-likeness (QED) is 0.716. The number of aromatic carboxylic acids is 1. The van der Waals surface area contributed by atoms with Crippen LogP contribution in [0.1, 0.15) is 10.5 Å². The molecule has 3 N–H and O–H groups in total. The number of rotatable bonds is 2. The number of hydrogen-bond donors (Lipinski definition) is 3. The molecule has 0 amide bonds. The maximum Gasteiger partial charge on any atom is 0.356 e. The Balaban J connectivity index is 2.56. The fourth-order valence-corrected chi connectivity index (χ4v) is 1.46. The molecule has 0 aliphatic rings. The first-order chi connectivity index (χ1) is 7.59. The molecule has 1 aromatic heterocycles. The van der Waals surface area contributed by atoms with Crippen molar-refractivity contribution in [1.82, 2.24) is 4.57 Å². The lowest BCUT2D eigenvalue weighted by Gasteiger charge is -2.06. The SMILES string of the molecule is O=C(O)c1c(O)ccn1-c1ccc(O)cc1. The third-order valence-electron chi connectivity index (χ3n) is 2.20. The maximum atomic E-state index is 10.9. The number of carbonyl (C=O) groups is 1. The number of carboxylic acids is 1. The monoisotopic (exact) mass is 219 g/mol. The highest BCUT2D eigenvalue weighted by Gasteiger charge is 2.16. The zero-order valence-corrected chi connectivity index (χ0v) is 8.16. The second-order valence-corrected chi connectivity index (χ2v) is 3.24. The summed E-state index contributed by atoms with van der Waals surface area (Å²) in [7, 11) is 0. The third-order valence-corrected chi connectivity index (χ3v) is 2.20. The van der Waals surface area contributed by atoms with Crippen LogP contribution in [0.15, 0.2) is 36.5 Å². The van der Waals surface area contributed by atoms with Crippen molar-refractivity contribution in [1.29, 1.82) is 0 Å². The molecular weight excluding hydrogens is 210 g/mol. The van der Waals surface area contributed by atoms with Gasteiger partial charge >= 0.3 is 5.97 Å². The summed E-state index contributed by atoms with van der Waals surface area (Å²) >= 11 is 0. The Morgan fingerprint density at radius 2 is 1.69 bits per heavy atom. The van der Waals surface area contributed by atoms with Gasteiger partial charge in [-0.2, -0.15) is 0 Å². The van der Waals surface area contributed by atoms with Crippen molar-refractivity contribution in [3.05, 3.63) is 42.2 Å². The summed E-state index contributed by atoms with van der Waals surface area (Å²) in [5.74, 6) is -1.41. The Bertz CT molecular complexity index is 527. The zero-order valence-electron chi connectivity index (χ0n) is 8.16. The molecule has 0 unspecified atom stereocenters. The van der Waals surface area contributed by atoms with Gasteiger partial charge in [-0.25, -0.2) is 4.79 Å². The Labute approximate surface area is 90.8 Å². The van der Waals surface area contributed by atoms with E-state index in [1.165, 1.54) is 29.0 Å². The van der Waals surface area contributed by atoms with Gasteiger partial charge in [0, 0.05) is 11.9 Å². The first kappa shape index (κ1) is 10.1. The summed E-state index contributed by atoms with van der Waals surface area (Å²) in [6, 6.07) is 7.30. The fourth-order valence-electron chi connectivity index (χ4n) is 1.46. The van der Waals surface area contributed by atoms with E-state index in [4.69, 9.17) is 10.2 Å². The van der Waals surface area contributed by atoms with Gasteiger partial charge < -0.3 is 19.9 Å². The molecule has 0 bridgehead atoms. The maximum absolute atomic E-state index is 10.9. The van der Waals surface area contributed by atoms with Crippen LogP contribution in [-0.2, 0) is 0 Å². The van der Waals surface area contributed by atoms with Crippen LogP contribution in [0, 0.1) is 0 Å². The Kier molecular flexibility index (Phi) is 2.28. The summed E-state index contributed by atoms with van der Waals surface area (Å²) in [6.07, 6.45) is 1.45. The van der Waals surface area contributed by atoms with E-state index in [0.29, 0.717) is 5.69 Å². The smallest absolute Gasteiger partial charge is 0.356 e. The number of phenols is 1. The molecule has 0 aliphatic carbocycles. The van der Waals surface area contributed by atoms with Crippen LogP contribution >= 0.6 is 0 Å². The van der Waals surface area contributed by atoms with Gasteiger partial charge in [0.1, 0.15) is 11.5 Å². The summed E-state index contributed by atoms with van der Waals surface area (Å²) in [4.78, 5) is 10.9. The first-order valence-corrected chi connectivity index (χ1v) is 4.52. The van der Waals surface area contributed by atoms with Gasteiger partial charge in [-0.1, -0.05) is 0 Å². The highest BCUT2D eigenvalue weighted by molar-refractivity contribution is 5.89. The van der Waals surface area contributed by atoms with E-state index in [1.54, 1.807) is 12.1 Å². The van der Waals surface area contributed by atoms with E-state index in [0.717, 1.165) is 0 Å². The fraction of sp³-hybridized carbons (Fsp3) is 0. The molecule has 16 heavy (non-hydrogen) atoms. The molecule has 2 rings (SSSR count). The minimum absolute atomic E-state index is 0.0944. The van der Waals surface area contributed by atoms with Crippen LogP contribution in [0.5, 0.6) is 11.5 Å². The second-order valence-electron chi connectivity index (χ2n) is 3.24. The minimum atomic E-state index is -1.21. The molecule has 1 heterocycles. The third kappa shape index (κ3) is 1.58. The molecule has 1 aromatic carbocycles. The van der Waals surface area contributed by atoms with Gasteiger partial charge in [0.15, 0.2) is 5.69 Å². The molecule has 0 saturated heterocycles. The molecule has 0 saturated carbocycles. The molecule has 5 nitrogen and oxygen atoms in total. The van der Waals surface area contributed by atoms with Crippen LogP contribution in [0.4, 0.5) is 0 Å². The Morgan fingerprint density at radius 1 is 1.06 bits per heavy atom. The predicted molar refractivity (Wildman–Crippen MR) is 56.1 cm³/mol. The van der Waals surface area contributed by atoms with Crippen molar-refractivity contribution >= 4 is 5.97 Å². The molecule has 0 fully saturated rings. The summed E-state index contributed by atoms with van der Waals surface area (Å²) in [6.45, 7) is 0. The second kappa shape index (κ2) is 3.62. The number of aromatic nitrogens is 1. The highest BCUT2D eigenvalue weighted by Crippen LogP contribution is 2.23. The number of aromatic hydroxyl groups is 2. The summed E-state index contributed by atoms with van der Waals surface area (Å²) < 4.78 is 1.33. The highest BCUT2D eigenvalue weighted by atomic mass is 16.4. The lowest BCUT2D eigenvalue weighted by atomic mass is 10.3. The lowest BCUT2D eigenvalue weighted by Crippen LogP contribution is -2.05. The normalized spacial score (nSPS) is 10.2. The number of benzene rings is 1. The summed E-state index contributed by atoms with van der Waals surface area (Å²) in [5.41, 5.74) is 0.348. The topological polar surface area (TPSA) is 82.7 Å². The number of nitrogens with zero attached hydrogens (tertiary/aromatic N) is 1. The van der Waals surface area contributed by atoms with Gasteiger partial charge in [0.25, 0.3) is 0 Å². The Hall–Kier alpha value is -2.43. The van der Waals surface area contributed by atoms with Crippen molar-refractivity contribution in [2.75, 3.05) is 0 Å². The molecule has 82 valence electrons. The van der Waals surface area contributed by atoms with E-state index in [2.05, 4.69) is 0 Å².